The number of rotatable bonds is 7. The number of amides is 1. The molecule has 0 bridgehead atoms. The summed E-state index contributed by atoms with van der Waals surface area (Å²) in [5.41, 5.74) is 4.86. The van der Waals surface area contributed by atoms with Gasteiger partial charge in [0.15, 0.2) is 0 Å². The van der Waals surface area contributed by atoms with Gasteiger partial charge in [0.05, 0.1) is 5.25 Å². The molecule has 3 nitrogen and oxygen atoms in total. The molecule has 25 heavy (non-hydrogen) atoms. The van der Waals surface area contributed by atoms with Crippen LogP contribution in [0.3, 0.4) is 0 Å². The van der Waals surface area contributed by atoms with Crippen molar-refractivity contribution in [3.63, 3.8) is 0 Å². The van der Waals surface area contributed by atoms with E-state index in [0.717, 1.165) is 17.0 Å². The Morgan fingerprint density at radius 2 is 1.64 bits per heavy atom. The van der Waals surface area contributed by atoms with Crippen molar-refractivity contribution in [2.24, 2.45) is 5.10 Å². The van der Waals surface area contributed by atoms with Crippen LogP contribution in [0.15, 0.2) is 70.7 Å². The second-order valence-electron chi connectivity index (χ2n) is 6.82. The maximum absolute atomic E-state index is 12.2. The first-order valence-electron chi connectivity index (χ1n) is 8.49. The summed E-state index contributed by atoms with van der Waals surface area (Å²) < 4.78 is 0. The summed E-state index contributed by atoms with van der Waals surface area (Å²) in [5, 5.41) is 4.11. The summed E-state index contributed by atoms with van der Waals surface area (Å²) in [4.78, 5) is 13.3. The first-order valence-corrected chi connectivity index (χ1v) is 9.37. The summed E-state index contributed by atoms with van der Waals surface area (Å²) >= 11 is 1.53. The van der Waals surface area contributed by atoms with E-state index in [2.05, 4.69) is 36.5 Å². The number of hydrogen-bond donors (Lipinski definition) is 1. The Morgan fingerprint density at radius 3 is 2.24 bits per heavy atom. The molecule has 1 amide bonds. The molecule has 0 aromatic heterocycles. The molecule has 4 heteroatoms. The fourth-order valence-electron chi connectivity index (χ4n) is 2.67. The number of hydrogen-bond acceptors (Lipinski definition) is 3. The monoisotopic (exact) mass is 354 g/mol. The zero-order chi connectivity index (χ0) is 18.3. The van der Waals surface area contributed by atoms with Crippen LogP contribution in [0.5, 0.6) is 0 Å². The Labute approximate surface area is 154 Å². The fraction of sp³-hybridized carbons (Fsp3) is 0.333. The Morgan fingerprint density at radius 1 is 1.08 bits per heavy atom. The molecule has 1 N–H and O–H groups in total. The molecule has 2 rings (SSSR count). The number of carbonyl (C=O) groups is 1. The van der Waals surface area contributed by atoms with Gasteiger partial charge in [0.2, 0.25) is 0 Å². The number of carbonyl (C=O) groups excluding carboxylic acids is 1. The van der Waals surface area contributed by atoms with Gasteiger partial charge in [-0.1, -0.05) is 62.4 Å². The summed E-state index contributed by atoms with van der Waals surface area (Å²) in [5.74, 6) is -0.0780. The smallest absolute Gasteiger partial charge is 0.253 e. The third-order valence-corrected chi connectivity index (χ3v) is 5.15. The van der Waals surface area contributed by atoms with Crippen LogP contribution in [-0.2, 0) is 10.2 Å². The van der Waals surface area contributed by atoms with E-state index in [-0.39, 0.29) is 16.6 Å². The summed E-state index contributed by atoms with van der Waals surface area (Å²) in [7, 11) is 0. The first kappa shape index (κ1) is 19.3. The minimum atomic E-state index is -0.193. The number of benzene rings is 2. The van der Waals surface area contributed by atoms with Gasteiger partial charge < -0.3 is 0 Å². The number of nitrogens with zero attached hydrogens (tertiary/aromatic N) is 1. The van der Waals surface area contributed by atoms with Crippen LogP contribution in [0.4, 0.5) is 0 Å². The van der Waals surface area contributed by atoms with Crippen LogP contribution >= 0.6 is 11.8 Å². The largest absolute Gasteiger partial charge is 0.272 e. The summed E-state index contributed by atoms with van der Waals surface area (Å²) in [6.07, 6.45) is 0.789. The van der Waals surface area contributed by atoms with Gasteiger partial charge in [-0.25, -0.2) is 5.43 Å². The van der Waals surface area contributed by atoms with Crippen molar-refractivity contribution < 1.29 is 4.79 Å². The van der Waals surface area contributed by atoms with Crippen LogP contribution in [0, 0.1) is 0 Å². The maximum atomic E-state index is 12.2. The third-order valence-electron chi connectivity index (χ3n) is 4.04. The lowest BCUT2D eigenvalue weighted by Gasteiger charge is -2.25. The van der Waals surface area contributed by atoms with E-state index in [1.54, 1.807) is 0 Å². The quantitative estimate of drug-likeness (QED) is 0.430. The molecule has 0 saturated heterocycles. The van der Waals surface area contributed by atoms with Crippen LogP contribution in [0.1, 0.15) is 39.7 Å². The van der Waals surface area contributed by atoms with E-state index in [0.29, 0.717) is 0 Å². The Bertz CT molecular complexity index is 711. The maximum Gasteiger partial charge on any atom is 0.253 e. The summed E-state index contributed by atoms with van der Waals surface area (Å²) in [6.45, 7) is 8.24. The van der Waals surface area contributed by atoms with Crippen molar-refractivity contribution in [2.75, 3.05) is 0 Å². The highest BCUT2D eigenvalue weighted by molar-refractivity contribution is 8.00. The van der Waals surface area contributed by atoms with Crippen molar-refractivity contribution in [1.29, 1.82) is 0 Å². The molecule has 0 aliphatic carbocycles. The zero-order valence-corrected chi connectivity index (χ0v) is 16.1. The topological polar surface area (TPSA) is 41.5 Å². The van der Waals surface area contributed by atoms with Gasteiger partial charge >= 0.3 is 0 Å². The predicted molar refractivity (Wildman–Crippen MR) is 107 cm³/mol. The van der Waals surface area contributed by atoms with Gasteiger partial charge in [-0.15, -0.1) is 11.8 Å². The molecular weight excluding hydrogens is 328 g/mol. The number of thioether (sulfide) groups is 1. The molecular formula is C21H26N2OS. The average molecular weight is 355 g/mol. The van der Waals surface area contributed by atoms with Crippen LogP contribution in [-0.4, -0.2) is 16.9 Å². The molecule has 2 aromatic rings. The molecule has 0 radical (unpaired) electrons. The molecule has 0 aliphatic rings. The molecule has 0 heterocycles. The van der Waals surface area contributed by atoms with E-state index >= 15 is 0 Å². The fourth-order valence-corrected chi connectivity index (χ4v) is 3.55. The van der Waals surface area contributed by atoms with Gasteiger partial charge in [-0.05, 0) is 43.4 Å². The highest BCUT2D eigenvalue weighted by atomic mass is 32.2. The molecule has 2 aromatic carbocycles. The standard InChI is InChI=1S/C21H26N2OS/c1-16(15-21(3,4)18-11-7-5-8-12-18)22-23-20(24)17(2)25-19-13-9-6-10-14-19/h5-14,17H,15H2,1-4H3,(H,23,24)/b22-16-/t17-/m1/s1. The lowest BCUT2D eigenvalue weighted by Crippen LogP contribution is -2.29. The molecule has 0 spiro atoms. The van der Waals surface area contributed by atoms with Crippen LogP contribution < -0.4 is 5.43 Å². The number of hydrazone groups is 1. The first-order chi connectivity index (χ1) is 11.9. The third kappa shape index (κ3) is 6.05. The van der Waals surface area contributed by atoms with Gasteiger partial charge in [-0.3, -0.25) is 4.79 Å². The lowest BCUT2D eigenvalue weighted by molar-refractivity contribution is -0.120. The van der Waals surface area contributed by atoms with E-state index in [9.17, 15) is 4.79 Å². The molecule has 132 valence electrons. The predicted octanol–water partition coefficient (Wildman–Crippen LogP) is 5.03. The van der Waals surface area contributed by atoms with Gasteiger partial charge in [0.1, 0.15) is 0 Å². The lowest BCUT2D eigenvalue weighted by atomic mass is 9.80. The molecule has 0 fully saturated rings. The molecule has 0 unspecified atom stereocenters. The number of nitrogens with one attached hydrogen (secondary N) is 1. The molecule has 0 aliphatic heterocycles. The van der Waals surface area contributed by atoms with Crippen molar-refractivity contribution in [3.8, 4) is 0 Å². The SMILES string of the molecule is C/C(CC(C)(C)c1ccccc1)=N/NC(=O)[C@@H](C)Sc1ccccc1. The molecule has 1 atom stereocenters. The second-order valence-corrected chi connectivity index (χ2v) is 8.24. The highest BCUT2D eigenvalue weighted by Crippen LogP contribution is 2.27. The zero-order valence-electron chi connectivity index (χ0n) is 15.3. The van der Waals surface area contributed by atoms with E-state index in [1.807, 2.05) is 62.4 Å². The Balaban J connectivity index is 1.90. The van der Waals surface area contributed by atoms with Crippen LogP contribution in [0.2, 0.25) is 0 Å². The van der Waals surface area contributed by atoms with Crippen molar-refractivity contribution in [2.45, 2.75) is 49.7 Å². The molecule has 0 saturated carbocycles. The van der Waals surface area contributed by atoms with Crippen molar-refractivity contribution in [1.82, 2.24) is 5.43 Å². The second kappa shape index (κ2) is 8.86. The normalized spacial score (nSPS) is 13.4. The van der Waals surface area contributed by atoms with Gasteiger partial charge in [0, 0.05) is 10.6 Å². The van der Waals surface area contributed by atoms with Crippen molar-refractivity contribution in [3.05, 3.63) is 66.2 Å². The van der Waals surface area contributed by atoms with E-state index < -0.39 is 0 Å². The Kier molecular flexibility index (Phi) is 6.82. The van der Waals surface area contributed by atoms with Crippen molar-refractivity contribution >= 4 is 23.4 Å². The van der Waals surface area contributed by atoms with E-state index in [4.69, 9.17) is 0 Å². The Hall–Kier alpha value is -2.07. The average Bonchev–Trinajstić information content (AvgIpc) is 2.61. The minimum absolute atomic E-state index is 0.0238. The van der Waals surface area contributed by atoms with Gasteiger partial charge in [-0.2, -0.15) is 5.10 Å². The highest BCUT2D eigenvalue weighted by Gasteiger charge is 2.21. The van der Waals surface area contributed by atoms with E-state index in [1.165, 1.54) is 17.3 Å². The minimum Gasteiger partial charge on any atom is -0.272 e. The summed E-state index contributed by atoms with van der Waals surface area (Å²) in [6, 6.07) is 20.3. The van der Waals surface area contributed by atoms with Gasteiger partial charge in [0.25, 0.3) is 5.91 Å². The van der Waals surface area contributed by atoms with Crippen LogP contribution in [0.25, 0.3) is 0 Å².